The van der Waals surface area contributed by atoms with E-state index in [4.69, 9.17) is 0 Å². The number of nitriles is 1. The van der Waals surface area contributed by atoms with Gasteiger partial charge in [-0.15, -0.1) is 10.2 Å². The van der Waals surface area contributed by atoms with Crippen LogP contribution in [-0.4, -0.2) is 56.6 Å². The van der Waals surface area contributed by atoms with Crippen molar-refractivity contribution in [2.24, 2.45) is 0 Å². The molecule has 1 saturated heterocycles. The Morgan fingerprint density at radius 3 is 2.17 bits per heavy atom. The molecule has 0 spiro atoms. The van der Waals surface area contributed by atoms with Gasteiger partial charge in [-0.2, -0.15) is 10.5 Å². The fraction of sp³-hybridized carbons (Fsp3) is 0.273. The summed E-state index contributed by atoms with van der Waals surface area (Å²) in [6.07, 6.45) is 1.59. The summed E-state index contributed by atoms with van der Waals surface area (Å²) in [7, 11) is 0. The highest BCUT2D eigenvalue weighted by atomic mass is 15.5. The Hall–Kier alpha value is -3.54. The molecule has 0 atom stereocenters. The summed E-state index contributed by atoms with van der Waals surface area (Å²) in [5, 5.41) is 25.8. The van der Waals surface area contributed by atoms with Crippen LogP contribution in [-0.2, 0) is 13.1 Å². The van der Waals surface area contributed by atoms with Crippen LogP contribution >= 0.6 is 0 Å². The minimum absolute atomic E-state index is 0.271. The van der Waals surface area contributed by atoms with Crippen molar-refractivity contribution in [2.45, 2.75) is 13.1 Å². The molecule has 0 unspecified atom stereocenters. The maximum Gasteiger partial charge on any atom is 0.216 e. The van der Waals surface area contributed by atoms with Crippen molar-refractivity contribution in [3.63, 3.8) is 0 Å². The van der Waals surface area contributed by atoms with E-state index in [9.17, 15) is 5.26 Å². The lowest BCUT2D eigenvalue weighted by Crippen LogP contribution is -2.45. The highest BCUT2D eigenvalue weighted by Gasteiger charge is 2.17. The Morgan fingerprint density at radius 1 is 0.967 bits per heavy atom. The zero-order valence-electron chi connectivity index (χ0n) is 16.7. The van der Waals surface area contributed by atoms with Crippen molar-refractivity contribution in [2.75, 3.05) is 31.5 Å². The monoisotopic (exact) mass is 400 g/mol. The lowest BCUT2D eigenvalue weighted by Gasteiger charge is -2.34. The summed E-state index contributed by atoms with van der Waals surface area (Å²) in [4.78, 5) is 5.01. The van der Waals surface area contributed by atoms with Crippen molar-refractivity contribution in [1.29, 1.82) is 5.26 Å². The van der Waals surface area contributed by atoms with Crippen molar-refractivity contribution in [3.05, 3.63) is 77.7 Å². The fourth-order valence-corrected chi connectivity index (χ4v) is 3.49. The van der Waals surface area contributed by atoms with E-state index in [1.54, 1.807) is 6.20 Å². The van der Waals surface area contributed by atoms with Crippen LogP contribution in [0.4, 0.5) is 5.69 Å². The molecule has 3 aromatic rings. The number of H-pyrrole nitrogens is 1. The van der Waals surface area contributed by atoms with Gasteiger partial charge in [0.1, 0.15) is 11.6 Å². The minimum Gasteiger partial charge on any atom is -0.360 e. The standard InChI is InChI=1S/C22H24N8/c23-14-20(22-25-27-28-26-22)15-24-21-8-6-19(7-9-21)17-30-12-10-29(11-13-30)16-18-4-2-1-3-5-18/h1-9,15,24H,10-13,16-17H2,(H,25,26,27,28). The lowest BCUT2D eigenvalue weighted by atomic mass is 10.1. The van der Waals surface area contributed by atoms with E-state index in [2.05, 4.69) is 84.3 Å². The van der Waals surface area contributed by atoms with Crippen LogP contribution in [0.1, 0.15) is 17.0 Å². The Labute approximate surface area is 175 Å². The fourth-order valence-electron chi connectivity index (χ4n) is 3.49. The van der Waals surface area contributed by atoms with E-state index >= 15 is 0 Å². The zero-order chi connectivity index (χ0) is 20.6. The first kappa shape index (κ1) is 19.8. The van der Waals surface area contributed by atoms with E-state index in [0.717, 1.165) is 45.0 Å². The molecule has 0 radical (unpaired) electrons. The number of nitrogens with one attached hydrogen (secondary N) is 2. The quantitative estimate of drug-likeness (QED) is 0.588. The second-order valence-corrected chi connectivity index (χ2v) is 7.28. The molecule has 8 heteroatoms. The van der Waals surface area contributed by atoms with Gasteiger partial charge in [0.2, 0.25) is 5.82 Å². The summed E-state index contributed by atoms with van der Waals surface area (Å²) in [6.45, 7) is 6.30. The predicted molar refractivity (Wildman–Crippen MR) is 115 cm³/mol. The van der Waals surface area contributed by atoms with Crippen LogP contribution in [0.2, 0.25) is 0 Å². The largest absolute Gasteiger partial charge is 0.360 e. The van der Waals surface area contributed by atoms with Crippen LogP contribution in [0.25, 0.3) is 5.57 Å². The van der Waals surface area contributed by atoms with E-state index in [0.29, 0.717) is 5.57 Å². The first-order chi connectivity index (χ1) is 14.8. The molecule has 8 nitrogen and oxygen atoms in total. The summed E-state index contributed by atoms with van der Waals surface area (Å²) >= 11 is 0. The maximum absolute atomic E-state index is 9.21. The van der Waals surface area contributed by atoms with Crippen molar-refractivity contribution >= 4 is 11.3 Å². The van der Waals surface area contributed by atoms with E-state index in [-0.39, 0.29) is 5.82 Å². The van der Waals surface area contributed by atoms with Gasteiger partial charge >= 0.3 is 0 Å². The number of nitrogens with zero attached hydrogens (tertiary/aromatic N) is 6. The Balaban J connectivity index is 1.26. The molecular weight excluding hydrogens is 376 g/mol. The third-order valence-electron chi connectivity index (χ3n) is 5.16. The molecule has 1 aromatic heterocycles. The number of allylic oxidation sites excluding steroid dienone is 1. The number of aromatic amines is 1. The van der Waals surface area contributed by atoms with E-state index in [1.165, 1.54) is 11.1 Å². The molecule has 0 bridgehead atoms. The molecule has 0 saturated carbocycles. The molecule has 1 aliphatic rings. The predicted octanol–water partition coefficient (Wildman–Crippen LogP) is 2.49. The molecule has 2 aromatic carbocycles. The van der Waals surface area contributed by atoms with Crippen LogP contribution in [0.15, 0.2) is 60.8 Å². The van der Waals surface area contributed by atoms with Crippen molar-refractivity contribution < 1.29 is 0 Å². The van der Waals surface area contributed by atoms with Gasteiger partial charge in [-0.1, -0.05) is 42.5 Å². The minimum atomic E-state index is 0.271. The number of tetrazole rings is 1. The van der Waals surface area contributed by atoms with Crippen molar-refractivity contribution in [3.8, 4) is 6.07 Å². The maximum atomic E-state index is 9.21. The third-order valence-corrected chi connectivity index (χ3v) is 5.16. The van der Waals surface area contributed by atoms with E-state index < -0.39 is 0 Å². The number of benzene rings is 2. The number of aromatic nitrogens is 4. The average Bonchev–Trinajstić information content (AvgIpc) is 3.32. The lowest BCUT2D eigenvalue weighted by molar-refractivity contribution is 0.122. The van der Waals surface area contributed by atoms with Gasteiger partial charge < -0.3 is 5.32 Å². The van der Waals surface area contributed by atoms with Gasteiger partial charge in [0.15, 0.2) is 0 Å². The summed E-state index contributed by atoms with van der Waals surface area (Å²) in [5.41, 5.74) is 3.88. The SMILES string of the molecule is N#CC(=CNc1ccc(CN2CCN(Cc3ccccc3)CC2)cc1)c1nn[nH]n1. The van der Waals surface area contributed by atoms with Gasteiger partial charge in [0.25, 0.3) is 0 Å². The molecule has 152 valence electrons. The number of anilines is 1. The number of piperazine rings is 1. The zero-order valence-corrected chi connectivity index (χ0v) is 16.7. The highest BCUT2D eigenvalue weighted by molar-refractivity contribution is 5.73. The van der Waals surface area contributed by atoms with Crippen LogP contribution in [0, 0.1) is 11.3 Å². The topological polar surface area (TPSA) is 96.8 Å². The van der Waals surface area contributed by atoms with Crippen LogP contribution in [0.5, 0.6) is 0 Å². The Morgan fingerprint density at radius 2 is 1.60 bits per heavy atom. The molecule has 1 fully saturated rings. The second kappa shape index (κ2) is 9.78. The molecule has 0 aliphatic carbocycles. The van der Waals surface area contributed by atoms with Gasteiger partial charge in [-0.3, -0.25) is 9.80 Å². The average molecular weight is 400 g/mol. The number of hydrogen-bond donors (Lipinski definition) is 2. The van der Waals surface area contributed by atoms with Gasteiger partial charge in [0, 0.05) is 51.2 Å². The number of rotatable bonds is 7. The Kier molecular flexibility index (Phi) is 6.44. The molecular formula is C22H24N8. The van der Waals surface area contributed by atoms with Crippen LogP contribution in [0.3, 0.4) is 0 Å². The highest BCUT2D eigenvalue weighted by Crippen LogP contribution is 2.15. The molecule has 0 amide bonds. The Bertz CT molecular complexity index is 982. The summed E-state index contributed by atoms with van der Waals surface area (Å²) in [5.74, 6) is 0.271. The van der Waals surface area contributed by atoms with Crippen molar-refractivity contribution in [1.82, 2.24) is 30.4 Å². The molecule has 2 N–H and O–H groups in total. The molecule has 4 rings (SSSR count). The first-order valence-electron chi connectivity index (χ1n) is 9.98. The van der Waals surface area contributed by atoms with Crippen LogP contribution < -0.4 is 5.32 Å². The number of hydrogen-bond acceptors (Lipinski definition) is 7. The summed E-state index contributed by atoms with van der Waals surface area (Å²) < 4.78 is 0. The molecule has 2 heterocycles. The third kappa shape index (κ3) is 5.29. The van der Waals surface area contributed by atoms with Gasteiger partial charge in [-0.05, 0) is 28.5 Å². The van der Waals surface area contributed by atoms with E-state index in [1.807, 2.05) is 12.1 Å². The summed E-state index contributed by atoms with van der Waals surface area (Å²) in [6, 6.07) is 21.0. The van der Waals surface area contributed by atoms with Gasteiger partial charge in [-0.25, -0.2) is 0 Å². The first-order valence-corrected chi connectivity index (χ1v) is 9.98. The normalized spacial score (nSPS) is 15.6. The smallest absolute Gasteiger partial charge is 0.216 e. The molecule has 1 aliphatic heterocycles. The van der Waals surface area contributed by atoms with Gasteiger partial charge in [0.05, 0.1) is 0 Å². The molecule has 30 heavy (non-hydrogen) atoms. The second-order valence-electron chi connectivity index (χ2n) is 7.28.